The Morgan fingerprint density at radius 1 is 1.25 bits per heavy atom. The number of rotatable bonds is 7. The van der Waals surface area contributed by atoms with Crippen molar-refractivity contribution >= 4 is 31.9 Å². The second-order valence-corrected chi connectivity index (χ2v) is 6.66. The van der Waals surface area contributed by atoms with Gasteiger partial charge in [0.05, 0.1) is 6.61 Å². The van der Waals surface area contributed by atoms with Gasteiger partial charge in [-0.3, -0.25) is 0 Å². The van der Waals surface area contributed by atoms with Crippen LogP contribution in [-0.2, 0) is 19.4 Å². The van der Waals surface area contributed by atoms with E-state index in [-0.39, 0.29) is 6.61 Å². The molecule has 3 heteroatoms. The molecule has 1 N–H and O–H groups in total. The first-order valence-corrected chi connectivity index (χ1v) is 8.50. The summed E-state index contributed by atoms with van der Waals surface area (Å²) in [7, 11) is 0. The number of halogens is 2. The van der Waals surface area contributed by atoms with E-state index in [1.165, 1.54) is 16.7 Å². The molecular weight excluding hydrogens is 380 g/mol. The fourth-order valence-corrected chi connectivity index (χ4v) is 2.95. The van der Waals surface area contributed by atoms with Gasteiger partial charge < -0.3 is 5.11 Å². The molecule has 0 fully saturated rings. The van der Waals surface area contributed by atoms with Crippen molar-refractivity contribution < 1.29 is 5.11 Å². The van der Waals surface area contributed by atoms with Crippen LogP contribution in [0.3, 0.4) is 0 Å². The molecule has 1 aromatic rings. The minimum absolute atomic E-state index is 0.102. The van der Waals surface area contributed by atoms with Gasteiger partial charge in [-0.25, -0.2) is 0 Å². The van der Waals surface area contributed by atoms with Gasteiger partial charge in [-0.05, 0) is 48.9 Å². The highest BCUT2D eigenvalue weighted by atomic mass is 79.9. The molecule has 0 atom stereocenters. The summed E-state index contributed by atoms with van der Waals surface area (Å²) < 4.78 is 2.21. The van der Waals surface area contributed by atoms with Crippen LogP contribution in [0.25, 0.3) is 0 Å². The predicted octanol–water partition coefficient (Wildman–Crippen LogP) is 5.68. The molecule has 0 aromatic heterocycles. The number of hydrogen-bond acceptors (Lipinski definition) is 1. The van der Waals surface area contributed by atoms with Gasteiger partial charge >= 0.3 is 0 Å². The number of aliphatic hydroxyl groups excluding tert-OH is 1. The van der Waals surface area contributed by atoms with Crippen molar-refractivity contribution in [3.63, 3.8) is 0 Å². The third-order valence-electron chi connectivity index (χ3n) is 3.41. The van der Waals surface area contributed by atoms with Crippen LogP contribution in [0.5, 0.6) is 0 Å². The van der Waals surface area contributed by atoms with Crippen molar-refractivity contribution in [3.8, 4) is 0 Å². The quantitative estimate of drug-likeness (QED) is 0.582. The van der Waals surface area contributed by atoms with Gasteiger partial charge in [0.2, 0.25) is 0 Å². The summed E-state index contributed by atoms with van der Waals surface area (Å²) in [5.41, 5.74) is 4.81. The van der Waals surface area contributed by atoms with Crippen LogP contribution >= 0.6 is 31.9 Å². The largest absolute Gasteiger partial charge is 0.392 e. The van der Waals surface area contributed by atoms with Crippen molar-refractivity contribution in [2.45, 2.75) is 46.1 Å². The summed E-state index contributed by atoms with van der Waals surface area (Å²) in [5.74, 6) is 0. The van der Waals surface area contributed by atoms with E-state index in [4.69, 9.17) is 0 Å². The van der Waals surface area contributed by atoms with Crippen molar-refractivity contribution in [2.24, 2.45) is 0 Å². The topological polar surface area (TPSA) is 20.2 Å². The standard InChI is InChI=1S/C17H22Br2O/c1-4-6-14-9-15(11-20)13(10-17(14)19)8-7-12(3)16(18)5-2/h5,9-10,20H,2,4,6-8,11H2,1,3H3/b16-12-. The van der Waals surface area contributed by atoms with E-state index < -0.39 is 0 Å². The molecule has 1 nitrogen and oxygen atoms in total. The Bertz CT molecular complexity index is 504. The van der Waals surface area contributed by atoms with Gasteiger partial charge in [-0.2, -0.15) is 0 Å². The molecule has 0 heterocycles. The molecule has 0 saturated carbocycles. The van der Waals surface area contributed by atoms with Gasteiger partial charge in [0.1, 0.15) is 0 Å². The third kappa shape index (κ3) is 4.87. The molecular formula is C17H22Br2O. The lowest BCUT2D eigenvalue weighted by Gasteiger charge is -2.13. The fraction of sp³-hybridized carbons (Fsp3) is 0.412. The molecule has 0 unspecified atom stereocenters. The van der Waals surface area contributed by atoms with Crippen LogP contribution in [0.15, 0.2) is 39.3 Å². The fourth-order valence-electron chi connectivity index (χ4n) is 2.17. The van der Waals surface area contributed by atoms with Crippen molar-refractivity contribution in [3.05, 3.63) is 56.0 Å². The SMILES string of the molecule is C=C/C(Br)=C(\C)CCc1cc(Br)c(CCC)cc1CO. The lowest BCUT2D eigenvalue weighted by Crippen LogP contribution is -1.99. The maximum absolute atomic E-state index is 9.57. The first-order valence-electron chi connectivity index (χ1n) is 6.92. The van der Waals surface area contributed by atoms with Crippen LogP contribution in [0.1, 0.15) is 43.4 Å². The Kier molecular flexibility index (Phi) is 7.78. The van der Waals surface area contributed by atoms with Gasteiger partial charge in [0.15, 0.2) is 0 Å². The number of benzene rings is 1. The molecule has 1 aromatic carbocycles. The lowest BCUT2D eigenvalue weighted by molar-refractivity contribution is 0.280. The number of allylic oxidation sites excluding steroid dienone is 3. The van der Waals surface area contributed by atoms with Gasteiger partial charge in [-0.15, -0.1) is 0 Å². The first-order chi connectivity index (χ1) is 9.53. The zero-order chi connectivity index (χ0) is 15.1. The van der Waals surface area contributed by atoms with Crippen LogP contribution in [-0.4, -0.2) is 5.11 Å². The van der Waals surface area contributed by atoms with Crippen LogP contribution in [0, 0.1) is 0 Å². The number of aliphatic hydroxyl groups is 1. The molecule has 20 heavy (non-hydrogen) atoms. The minimum Gasteiger partial charge on any atom is -0.392 e. The highest BCUT2D eigenvalue weighted by Gasteiger charge is 2.08. The highest BCUT2D eigenvalue weighted by molar-refractivity contribution is 9.12. The summed E-state index contributed by atoms with van der Waals surface area (Å²) in [6.45, 7) is 8.13. The van der Waals surface area contributed by atoms with Gasteiger partial charge in [0.25, 0.3) is 0 Å². The van der Waals surface area contributed by atoms with Crippen LogP contribution < -0.4 is 0 Å². The van der Waals surface area contributed by atoms with Crippen molar-refractivity contribution in [2.75, 3.05) is 0 Å². The second kappa shape index (κ2) is 8.81. The third-order valence-corrected chi connectivity index (χ3v) is 5.15. The van der Waals surface area contributed by atoms with Crippen LogP contribution in [0.4, 0.5) is 0 Å². The zero-order valence-corrected chi connectivity index (χ0v) is 15.3. The maximum Gasteiger partial charge on any atom is 0.0684 e. The Labute approximate surface area is 139 Å². The Morgan fingerprint density at radius 2 is 1.95 bits per heavy atom. The summed E-state index contributed by atoms with van der Waals surface area (Å²) >= 11 is 7.14. The molecule has 0 amide bonds. The normalized spacial score (nSPS) is 12.2. The molecule has 0 bridgehead atoms. The van der Waals surface area contributed by atoms with Crippen molar-refractivity contribution in [1.29, 1.82) is 0 Å². The van der Waals surface area contributed by atoms with E-state index in [0.717, 1.165) is 40.2 Å². The molecule has 0 spiro atoms. The Morgan fingerprint density at radius 3 is 2.50 bits per heavy atom. The average Bonchev–Trinajstić information content (AvgIpc) is 2.46. The zero-order valence-electron chi connectivity index (χ0n) is 12.2. The number of aryl methyl sites for hydroxylation is 2. The van der Waals surface area contributed by atoms with E-state index in [1.54, 1.807) is 0 Å². The summed E-state index contributed by atoms with van der Waals surface area (Å²) in [6.07, 6.45) is 5.85. The number of hydrogen-bond donors (Lipinski definition) is 1. The van der Waals surface area contributed by atoms with Gasteiger partial charge in [0, 0.05) is 8.96 Å². The smallest absolute Gasteiger partial charge is 0.0684 e. The monoisotopic (exact) mass is 400 g/mol. The predicted molar refractivity (Wildman–Crippen MR) is 94.2 cm³/mol. The van der Waals surface area contributed by atoms with E-state index >= 15 is 0 Å². The molecule has 0 aliphatic rings. The lowest BCUT2D eigenvalue weighted by atomic mass is 9.97. The van der Waals surface area contributed by atoms with Crippen molar-refractivity contribution in [1.82, 2.24) is 0 Å². The van der Waals surface area contributed by atoms with Crippen LogP contribution in [0.2, 0.25) is 0 Å². The van der Waals surface area contributed by atoms with E-state index in [2.05, 4.69) is 64.4 Å². The van der Waals surface area contributed by atoms with Gasteiger partial charge in [-0.1, -0.05) is 69.5 Å². The molecule has 0 aliphatic heterocycles. The minimum atomic E-state index is 0.102. The first kappa shape index (κ1) is 17.7. The molecule has 0 saturated heterocycles. The maximum atomic E-state index is 9.57. The van der Waals surface area contributed by atoms with E-state index in [9.17, 15) is 5.11 Å². The second-order valence-electron chi connectivity index (χ2n) is 4.95. The average molecular weight is 402 g/mol. The molecule has 1 rings (SSSR count). The molecule has 110 valence electrons. The summed E-state index contributed by atoms with van der Waals surface area (Å²) in [5, 5.41) is 9.57. The molecule has 0 radical (unpaired) electrons. The molecule has 0 aliphatic carbocycles. The highest BCUT2D eigenvalue weighted by Crippen LogP contribution is 2.26. The van der Waals surface area contributed by atoms with E-state index in [0.29, 0.717) is 0 Å². The Hall–Kier alpha value is -0.380. The summed E-state index contributed by atoms with van der Waals surface area (Å²) in [6, 6.07) is 4.29. The van der Waals surface area contributed by atoms with E-state index in [1.807, 2.05) is 6.08 Å². The summed E-state index contributed by atoms with van der Waals surface area (Å²) in [4.78, 5) is 0. The Balaban J connectivity index is 2.95.